The molecule has 1 amide bonds. The molecule has 1 aromatic rings. The summed E-state index contributed by atoms with van der Waals surface area (Å²) in [6.45, 7) is 2.23. The topological polar surface area (TPSA) is 59.5 Å². The highest BCUT2D eigenvalue weighted by Gasteiger charge is 2.24. The van der Waals surface area contributed by atoms with Gasteiger partial charge in [-0.1, -0.05) is 0 Å². The maximum atomic E-state index is 11.9. The molecule has 1 unspecified atom stereocenters. The second-order valence-electron chi connectivity index (χ2n) is 3.97. The van der Waals surface area contributed by atoms with Crippen LogP contribution in [0, 0.1) is 5.92 Å². The molecular weight excluding hydrogens is 192 g/mol. The zero-order valence-electron chi connectivity index (χ0n) is 8.69. The largest absolute Gasteiger partial charge is 0.459 e. The number of likely N-dealkylation sites (tertiary alicyclic amines) is 1. The monoisotopic (exact) mass is 208 g/mol. The lowest BCUT2D eigenvalue weighted by atomic mass is 9.98. The number of hydrogen-bond donors (Lipinski definition) is 1. The molecule has 2 N–H and O–H groups in total. The number of carbonyl (C=O) groups excluding carboxylic acids is 1. The first-order valence-electron chi connectivity index (χ1n) is 5.34. The van der Waals surface area contributed by atoms with Crippen LogP contribution >= 0.6 is 0 Å². The third-order valence-corrected chi connectivity index (χ3v) is 2.87. The van der Waals surface area contributed by atoms with E-state index in [4.69, 9.17) is 10.2 Å². The summed E-state index contributed by atoms with van der Waals surface area (Å²) in [5.41, 5.74) is 5.62. The van der Waals surface area contributed by atoms with Crippen LogP contribution in [-0.2, 0) is 0 Å². The molecule has 82 valence electrons. The van der Waals surface area contributed by atoms with Crippen molar-refractivity contribution in [3.8, 4) is 0 Å². The fourth-order valence-electron chi connectivity index (χ4n) is 2.00. The SMILES string of the molecule is NCC1CCCN(C(=O)c2ccco2)C1. The normalized spacial score (nSPS) is 21.7. The van der Waals surface area contributed by atoms with E-state index in [0.29, 0.717) is 18.2 Å². The highest BCUT2D eigenvalue weighted by molar-refractivity contribution is 5.91. The van der Waals surface area contributed by atoms with Crippen LogP contribution in [0.4, 0.5) is 0 Å². The number of nitrogens with zero attached hydrogens (tertiary/aromatic N) is 1. The summed E-state index contributed by atoms with van der Waals surface area (Å²) in [6.07, 6.45) is 3.68. The summed E-state index contributed by atoms with van der Waals surface area (Å²) in [7, 11) is 0. The first-order valence-corrected chi connectivity index (χ1v) is 5.34. The number of rotatable bonds is 2. The van der Waals surface area contributed by atoms with Crippen LogP contribution in [0.25, 0.3) is 0 Å². The predicted octanol–water partition coefficient (Wildman–Crippen LogP) is 1.09. The van der Waals surface area contributed by atoms with Crippen molar-refractivity contribution in [1.82, 2.24) is 4.90 Å². The maximum Gasteiger partial charge on any atom is 0.289 e. The zero-order valence-corrected chi connectivity index (χ0v) is 8.69. The summed E-state index contributed by atoms with van der Waals surface area (Å²) < 4.78 is 5.09. The van der Waals surface area contributed by atoms with Gasteiger partial charge in [-0.05, 0) is 37.4 Å². The lowest BCUT2D eigenvalue weighted by molar-refractivity contribution is 0.0646. The van der Waals surface area contributed by atoms with Crippen molar-refractivity contribution in [2.45, 2.75) is 12.8 Å². The molecule has 1 aliphatic heterocycles. The van der Waals surface area contributed by atoms with Crippen molar-refractivity contribution in [3.05, 3.63) is 24.2 Å². The van der Waals surface area contributed by atoms with Crippen LogP contribution in [0.15, 0.2) is 22.8 Å². The summed E-state index contributed by atoms with van der Waals surface area (Å²) in [5.74, 6) is 0.850. The maximum absolute atomic E-state index is 11.9. The molecule has 0 bridgehead atoms. The van der Waals surface area contributed by atoms with Crippen LogP contribution in [0.1, 0.15) is 23.4 Å². The Hall–Kier alpha value is -1.29. The Balaban J connectivity index is 2.01. The molecule has 2 heterocycles. The number of nitrogens with two attached hydrogens (primary N) is 1. The molecule has 4 nitrogen and oxygen atoms in total. The smallest absolute Gasteiger partial charge is 0.289 e. The van der Waals surface area contributed by atoms with Crippen molar-refractivity contribution in [3.63, 3.8) is 0 Å². The average Bonchev–Trinajstić information content (AvgIpc) is 2.81. The molecule has 2 rings (SSSR count). The van der Waals surface area contributed by atoms with Gasteiger partial charge in [0.25, 0.3) is 5.91 Å². The minimum atomic E-state index is -0.0156. The van der Waals surface area contributed by atoms with Gasteiger partial charge in [-0.2, -0.15) is 0 Å². The van der Waals surface area contributed by atoms with Crippen molar-refractivity contribution in [2.75, 3.05) is 19.6 Å². The Morgan fingerprint density at radius 2 is 2.53 bits per heavy atom. The summed E-state index contributed by atoms with van der Waals surface area (Å²) in [5, 5.41) is 0. The second kappa shape index (κ2) is 4.49. The van der Waals surface area contributed by atoms with Gasteiger partial charge >= 0.3 is 0 Å². The molecule has 1 saturated heterocycles. The van der Waals surface area contributed by atoms with Crippen molar-refractivity contribution in [2.24, 2.45) is 11.7 Å². The van der Waals surface area contributed by atoms with E-state index in [1.54, 1.807) is 12.1 Å². The molecule has 1 atom stereocenters. The van der Waals surface area contributed by atoms with Gasteiger partial charge in [-0.3, -0.25) is 4.79 Å². The minimum Gasteiger partial charge on any atom is -0.459 e. The van der Waals surface area contributed by atoms with Crippen LogP contribution in [-0.4, -0.2) is 30.4 Å². The van der Waals surface area contributed by atoms with E-state index < -0.39 is 0 Å². The molecule has 1 aliphatic rings. The molecule has 4 heteroatoms. The number of carbonyl (C=O) groups is 1. The second-order valence-corrected chi connectivity index (χ2v) is 3.97. The Kier molecular flexibility index (Phi) is 3.06. The number of furan rings is 1. The molecule has 1 fully saturated rings. The Morgan fingerprint density at radius 3 is 3.20 bits per heavy atom. The Bertz CT molecular complexity index is 321. The van der Waals surface area contributed by atoms with Crippen molar-refractivity contribution >= 4 is 5.91 Å². The summed E-state index contributed by atoms with van der Waals surface area (Å²) in [4.78, 5) is 13.7. The molecule has 0 saturated carbocycles. The highest BCUT2D eigenvalue weighted by atomic mass is 16.3. The van der Waals surface area contributed by atoms with Gasteiger partial charge in [0.15, 0.2) is 5.76 Å². The standard InChI is InChI=1S/C11H16N2O2/c12-7-9-3-1-5-13(8-9)11(14)10-4-2-6-15-10/h2,4,6,9H,1,3,5,7-8,12H2. The van der Waals surface area contributed by atoms with Gasteiger partial charge < -0.3 is 15.1 Å². The number of amides is 1. The van der Waals surface area contributed by atoms with E-state index in [1.165, 1.54) is 6.26 Å². The van der Waals surface area contributed by atoms with E-state index in [9.17, 15) is 4.79 Å². The lowest BCUT2D eigenvalue weighted by Crippen LogP contribution is -2.41. The quantitative estimate of drug-likeness (QED) is 0.791. The summed E-state index contributed by atoms with van der Waals surface area (Å²) >= 11 is 0. The number of hydrogen-bond acceptors (Lipinski definition) is 3. The Morgan fingerprint density at radius 1 is 1.67 bits per heavy atom. The zero-order chi connectivity index (χ0) is 10.7. The van der Waals surface area contributed by atoms with E-state index in [1.807, 2.05) is 4.90 Å². The van der Waals surface area contributed by atoms with E-state index in [-0.39, 0.29) is 5.91 Å². The molecule has 0 aromatic carbocycles. The molecule has 0 spiro atoms. The lowest BCUT2D eigenvalue weighted by Gasteiger charge is -2.31. The fraction of sp³-hybridized carbons (Fsp3) is 0.545. The van der Waals surface area contributed by atoms with Gasteiger partial charge in [0.1, 0.15) is 0 Å². The highest BCUT2D eigenvalue weighted by Crippen LogP contribution is 2.17. The van der Waals surface area contributed by atoms with E-state index >= 15 is 0 Å². The third kappa shape index (κ3) is 2.21. The molecule has 1 aromatic heterocycles. The van der Waals surface area contributed by atoms with Gasteiger partial charge in [0.05, 0.1) is 6.26 Å². The van der Waals surface area contributed by atoms with Gasteiger partial charge in [-0.25, -0.2) is 0 Å². The first-order chi connectivity index (χ1) is 7.31. The van der Waals surface area contributed by atoms with Gasteiger partial charge in [0.2, 0.25) is 0 Å². The molecule has 15 heavy (non-hydrogen) atoms. The number of piperidine rings is 1. The van der Waals surface area contributed by atoms with Crippen LogP contribution in [0.2, 0.25) is 0 Å². The minimum absolute atomic E-state index is 0.0156. The third-order valence-electron chi connectivity index (χ3n) is 2.87. The van der Waals surface area contributed by atoms with E-state index in [2.05, 4.69) is 0 Å². The first kappa shape index (κ1) is 10.2. The van der Waals surface area contributed by atoms with Crippen molar-refractivity contribution in [1.29, 1.82) is 0 Å². The predicted molar refractivity (Wildman–Crippen MR) is 56.4 cm³/mol. The molecular formula is C11H16N2O2. The van der Waals surface area contributed by atoms with Crippen LogP contribution < -0.4 is 5.73 Å². The average molecular weight is 208 g/mol. The van der Waals surface area contributed by atoms with E-state index in [0.717, 1.165) is 25.9 Å². The van der Waals surface area contributed by atoms with Gasteiger partial charge in [0, 0.05) is 13.1 Å². The molecule has 0 aliphatic carbocycles. The van der Waals surface area contributed by atoms with Crippen LogP contribution in [0.3, 0.4) is 0 Å². The van der Waals surface area contributed by atoms with Crippen LogP contribution in [0.5, 0.6) is 0 Å². The fourth-order valence-corrected chi connectivity index (χ4v) is 2.00. The molecule has 0 radical (unpaired) electrons. The van der Waals surface area contributed by atoms with Crippen molar-refractivity contribution < 1.29 is 9.21 Å². The Labute approximate surface area is 89.0 Å². The summed E-state index contributed by atoms with van der Waals surface area (Å²) in [6, 6.07) is 3.44. The van der Waals surface area contributed by atoms with Gasteiger partial charge in [-0.15, -0.1) is 0 Å².